The van der Waals surface area contributed by atoms with Crippen LogP contribution in [0.4, 0.5) is 0 Å². The molecule has 0 heterocycles. The van der Waals surface area contributed by atoms with E-state index >= 15 is 0 Å². The summed E-state index contributed by atoms with van der Waals surface area (Å²) < 4.78 is 77.8. The molecule has 0 aliphatic heterocycles. The van der Waals surface area contributed by atoms with E-state index in [1.165, 1.54) is 0 Å². The van der Waals surface area contributed by atoms with Gasteiger partial charge in [-0.25, -0.2) is 0 Å². The fraction of sp³-hybridized carbons (Fsp3) is 0. The molecule has 6 rings (SSSR count). The second kappa shape index (κ2) is 10.6. The summed E-state index contributed by atoms with van der Waals surface area (Å²) in [6.07, 6.45) is 0. The zero-order valence-corrected chi connectivity index (χ0v) is 28.5. The first-order chi connectivity index (χ1) is 16.9. The van der Waals surface area contributed by atoms with Gasteiger partial charge in [0, 0.05) is 100 Å². The molecule has 2 radical (unpaired) electrons. The predicted octanol–water partition coefficient (Wildman–Crippen LogP) is 6.02. The van der Waals surface area contributed by atoms with E-state index in [1.54, 1.807) is 60.7 Å². The smallest absolute Gasteiger partial charge is 0.360 e. The summed E-state index contributed by atoms with van der Waals surface area (Å²) in [5.41, 5.74) is 0. The van der Waals surface area contributed by atoms with E-state index < -0.39 is 20.8 Å². The first kappa shape index (κ1) is 30.2. The molecule has 0 aromatic heterocycles. The minimum Gasteiger partial charge on any atom is -0.360 e. The van der Waals surface area contributed by atoms with Gasteiger partial charge in [0.2, 0.25) is 0 Å². The third kappa shape index (κ3) is 5.19. The average Bonchev–Trinajstić information content (AvgIpc) is 2.78. The summed E-state index contributed by atoms with van der Waals surface area (Å²) in [7, 11) is -9.76. The molecule has 38 heavy (non-hydrogen) atoms. The van der Waals surface area contributed by atoms with Gasteiger partial charge in [0.25, 0.3) is 0 Å². The molecule has 14 heteroatoms. The van der Waals surface area contributed by atoms with Crippen LogP contribution in [0.5, 0.6) is 11.5 Å². The molecule has 6 aromatic carbocycles. The van der Waals surface area contributed by atoms with Gasteiger partial charge in [-0.1, -0.05) is 56.1 Å². The van der Waals surface area contributed by atoms with E-state index in [1.807, 2.05) is 0 Å². The molecule has 8 nitrogen and oxygen atoms in total. The summed E-state index contributed by atoms with van der Waals surface area (Å²) in [5.74, 6) is -0.160. The maximum Gasteiger partial charge on any atom is 0.446 e. The molecule has 184 valence electrons. The summed E-state index contributed by atoms with van der Waals surface area (Å²) in [4.78, 5) is 0. The normalized spacial score (nSPS) is 12.2. The summed E-state index contributed by atoms with van der Waals surface area (Å²) >= 11 is 6.78. The van der Waals surface area contributed by atoms with Crippen LogP contribution in [0, 0.1) is 0 Å². The maximum absolute atomic E-state index is 11.8. The molecule has 0 aliphatic rings. The van der Waals surface area contributed by atoms with Gasteiger partial charge in [-0.3, -0.25) is 9.11 Å². The van der Waals surface area contributed by atoms with Crippen molar-refractivity contribution in [1.29, 1.82) is 0 Å². The van der Waals surface area contributed by atoms with Gasteiger partial charge in [0.1, 0.15) is 0 Å². The van der Waals surface area contributed by atoms with Crippen LogP contribution in [0.3, 0.4) is 0 Å². The molecule has 0 spiro atoms. The molecule has 0 unspecified atom stereocenters. The third-order valence-corrected chi connectivity index (χ3v) is 7.80. The Balaban J connectivity index is 0.00000168. The topological polar surface area (TPSA) is 127 Å². The van der Waals surface area contributed by atoms with Crippen molar-refractivity contribution >= 4 is 166 Å². The molecular weight excluding hydrogens is 686 g/mol. The van der Waals surface area contributed by atoms with Gasteiger partial charge in [-0.05, 0) is 57.9 Å². The molecule has 6 aromatic rings. The Bertz CT molecular complexity index is 1980. The Morgan fingerprint density at radius 2 is 0.816 bits per heavy atom. The van der Waals surface area contributed by atoms with Crippen LogP contribution in [-0.2, 0) is 20.8 Å². The van der Waals surface area contributed by atoms with Gasteiger partial charge < -0.3 is 8.37 Å². The fourth-order valence-corrected chi connectivity index (χ4v) is 6.38. The van der Waals surface area contributed by atoms with Crippen molar-refractivity contribution in [2.75, 3.05) is 0 Å². The molecule has 0 aliphatic carbocycles. The van der Waals surface area contributed by atoms with Crippen LogP contribution < -0.4 is 8.37 Å². The summed E-state index contributed by atoms with van der Waals surface area (Å²) in [6, 6.07) is 17.4. The number of hydrogen-bond acceptors (Lipinski definition) is 6. The largest absolute Gasteiger partial charge is 0.446 e. The monoisotopic (exact) mass is 696 g/mol. The van der Waals surface area contributed by atoms with E-state index in [0.29, 0.717) is 52.0 Å². The molecule has 0 amide bonds. The van der Waals surface area contributed by atoms with Crippen LogP contribution in [0.25, 0.3) is 53.9 Å². The van der Waals surface area contributed by atoms with Crippen LogP contribution in [0.1, 0.15) is 0 Å². The van der Waals surface area contributed by atoms with E-state index in [4.69, 9.17) is 8.37 Å². The van der Waals surface area contributed by atoms with Crippen molar-refractivity contribution in [3.63, 3.8) is 0 Å². The van der Waals surface area contributed by atoms with Crippen molar-refractivity contribution in [3.8, 4) is 11.5 Å². The van der Waals surface area contributed by atoms with E-state index in [9.17, 15) is 25.9 Å². The van der Waals surface area contributed by atoms with Gasteiger partial charge >= 0.3 is 20.8 Å². The minimum atomic E-state index is -4.88. The number of hydrogen-bond donors (Lipinski definition) is 2. The number of fused-ring (bicyclic) bond motifs is 4. The maximum atomic E-state index is 11.8. The third-order valence-electron chi connectivity index (χ3n) is 6.06. The first-order valence-electron chi connectivity index (χ1n) is 10.2. The molecule has 0 saturated carbocycles. The van der Waals surface area contributed by atoms with Crippen LogP contribution >= 0.6 is 31.9 Å². The van der Waals surface area contributed by atoms with Crippen molar-refractivity contribution in [3.05, 3.63) is 69.6 Å². The Hall–Kier alpha value is -0.740. The second-order valence-corrected chi connectivity index (χ2v) is 12.0. The van der Waals surface area contributed by atoms with Crippen LogP contribution in [0.15, 0.2) is 69.6 Å². The SMILES string of the molecule is O=S(=O)(O)Oc1c2cc(Br)ccc2c2ccc3c(OS(=O)(=O)O)c4cc(Br)ccc4c4ccc1c2c34.[Na].[Na]. The van der Waals surface area contributed by atoms with Gasteiger partial charge in [-0.15, -0.1) is 0 Å². The van der Waals surface area contributed by atoms with Crippen molar-refractivity contribution in [1.82, 2.24) is 0 Å². The van der Waals surface area contributed by atoms with E-state index in [-0.39, 0.29) is 70.6 Å². The molecular formula is C24H12Br2Na2O8S2. The molecule has 2 N–H and O–H groups in total. The molecule has 0 atom stereocenters. The Morgan fingerprint density at radius 3 is 1.16 bits per heavy atom. The van der Waals surface area contributed by atoms with Crippen LogP contribution in [-0.4, -0.2) is 85.1 Å². The quantitative estimate of drug-likeness (QED) is 0.0992. The van der Waals surface area contributed by atoms with E-state index in [2.05, 4.69) is 31.9 Å². The van der Waals surface area contributed by atoms with E-state index in [0.717, 1.165) is 10.8 Å². The zero-order chi connectivity index (χ0) is 25.6. The fourth-order valence-electron chi connectivity index (χ4n) is 4.88. The first-order valence-corrected chi connectivity index (χ1v) is 14.5. The Labute approximate surface area is 277 Å². The number of benzene rings is 6. The van der Waals surface area contributed by atoms with Gasteiger partial charge in [0.15, 0.2) is 11.5 Å². The average molecular weight is 698 g/mol. The van der Waals surface area contributed by atoms with Gasteiger partial charge in [0.05, 0.1) is 0 Å². The molecule has 0 fully saturated rings. The predicted molar refractivity (Wildman–Crippen MR) is 156 cm³/mol. The summed E-state index contributed by atoms with van der Waals surface area (Å²) in [5, 5.41) is 5.55. The molecule has 0 bridgehead atoms. The van der Waals surface area contributed by atoms with Crippen LogP contribution in [0.2, 0.25) is 0 Å². The van der Waals surface area contributed by atoms with Crippen molar-refractivity contribution < 1.29 is 34.3 Å². The van der Waals surface area contributed by atoms with Crippen molar-refractivity contribution in [2.24, 2.45) is 0 Å². The Kier molecular flexibility index (Phi) is 8.42. The Morgan fingerprint density at radius 1 is 0.500 bits per heavy atom. The van der Waals surface area contributed by atoms with Crippen molar-refractivity contribution in [2.45, 2.75) is 0 Å². The molecule has 0 saturated heterocycles. The standard InChI is InChI=1S/C24H12Br2O8S2.2Na/c25-11-1-3-13-15-5-7-18-22-16(14-4-2-12(26)10-20(14)24(18)34-36(30,31)32)6-8-17(21(15)22)23(19(13)9-11)33-35(27,28)29;;/h1-10H,(H,27,28,29)(H,30,31,32);;. The minimum absolute atomic E-state index is 0. The zero-order valence-electron chi connectivity index (χ0n) is 19.7. The summed E-state index contributed by atoms with van der Waals surface area (Å²) in [6.45, 7) is 0. The van der Waals surface area contributed by atoms with Gasteiger partial charge in [-0.2, -0.15) is 16.8 Å². The number of rotatable bonds is 4. The second-order valence-electron chi connectivity index (χ2n) is 8.13. The number of halogens is 2.